The summed E-state index contributed by atoms with van der Waals surface area (Å²) in [5, 5.41) is 8.10. The highest BCUT2D eigenvalue weighted by Gasteiger charge is 2.16. The largest absolute Gasteiger partial charge is 0.290 e. The number of nitrogens with zero attached hydrogens (tertiary/aromatic N) is 3. The molecule has 5 heteroatoms. The van der Waals surface area contributed by atoms with Gasteiger partial charge in [0.05, 0.1) is 0 Å². The average Bonchev–Trinajstić information content (AvgIpc) is 2.53. The van der Waals surface area contributed by atoms with Gasteiger partial charge in [-0.3, -0.25) is 9.69 Å². The van der Waals surface area contributed by atoms with Crippen LogP contribution in [0.2, 0.25) is 0 Å². The van der Waals surface area contributed by atoms with Crippen LogP contribution >= 0.6 is 11.3 Å². The highest BCUT2D eigenvalue weighted by molar-refractivity contribution is 7.13. The summed E-state index contributed by atoms with van der Waals surface area (Å²) in [6.45, 7) is 3.72. The first-order chi connectivity index (χ1) is 5.63. The first kappa shape index (κ1) is 9.12. The molecule has 0 aliphatic carbocycles. The average molecular weight is 185 g/mol. The van der Waals surface area contributed by atoms with Gasteiger partial charge in [0, 0.05) is 13.0 Å². The van der Waals surface area contributed by atoms with Gasteiger partial charge in [-0.25, -0.2) is 0 Å². The molecule has 0 aliphatic heterocycles. The molecule has 0 bridgehead atoms. The summed E-state index contributed by atoms with van der Waals surface area (Å²) in [4.78, 5) is 12.9. The Morgan fingerprint density at radius 1 is 1.67 bits per heavy atom. The van der Waals surface area contributed by atoms with Gasteiger partial charge in [-0.15, -0.1) is 10.2 Å². The normalized spacial score (nSPS) is 10.3. The molecule has 66 valence electrons. The molecule has 0 spiro atoms. The summed E-state index contributed by atoms with van der Waals surface area (Å²) in [5.74, 6) is 0.0608. The van der Waals surface area contributed by atoms with Crippen LogP contribution in [0.5, 0.6) is 0 Å². The van der Waals surface area contributed by atoms with E-state index < -0.39 is 0 Å². The lowest BCUT2D eigenvalue weighted by molar-refractivity contribution is -0.121. The fourth-order valence-corrected chi connectivity index (χ4v) is 1.33. The highest BCUT2D eigenvalue weighted by Crippen LogP contribution is 2.15. The van der Waals surface area contributed by atoms with E-state index in [0.717, 1.165) is 0 Å². The lowest BCUT2D eigenvalue weighted by atomic mass is 10.2. The zero-order valence-corrected chi connectivity index (χ0v) is 8.13. The maximum Gasteiger partial charge on any atom is 0.231 e. The number of amides is 1. The van der Waals surface area contributed by atoms with E-state index in [2.05, 4.69) is 10.2 Å². The van der Waals surface area contributed by atoms with Gasteiger partial charge in [-0.1, -0.05) is 25.2 Å². The predicted octanol–water partition coefficient (Wildman–Crippen LogP) is 1.16. The molecular weight excluding hydrogens is 174 g/mol. The Labute approximate surface area is 75.2 Å². The molecule has 1 amide bonds. The molecule has 1 heterocycles. The quantitative estimate of drug-likeness (QED) is 0.694. The molecule has 0 aliphatic rings. The Balaban J connectivity index is 2.72. The minimum absolute atomic E-state index is 0.00102. The number of aromatic nitrogens is 2. The molecule has 0 saturated heterocycles. The van der Waals surface area contributed by atoms with Crippen LogP contribution in [0, 0.1) is 5.92 Å². The van der Waals surface area contributed by atoms with Crippen molar-refractivity contribution >= 4 is 22.4 Å². The van der Waals surface area contributed by atoms with Gasteiger partial charge in [0.1, 0.15) is 5.51 Å². The van der Waals surface area contributed by atoms with E-state index in [1.54, 1.807) is 12.6 Å². The Kier molecular flexibility index (Phi) is 2.75. The maximum absolute atomic E-state index is 11.4. The van der Waals surface area contributed by atoms with Crippen molar-refractivity contribution in [1.82, 2.24) is 10.2 Å². The van der Waals surface area contributed by atoms with Gasteiger partial charge in [-0.05, 0) is 0 Å². The van der Waals surface area contributed by atoms with Crippen LogP contribution in [0.1, 0.15) is 13.8 Å². The van der Waals surface area contributed by atoms with Crippen LogP contribution in [-0.4, -0.2) is 23.2 Å². The third-order valence-corrected chi connectivity index (χ3v) is 2.23. The molecule has 0 fully saturated rings. The Morgan fingerprint density at radius 3 is 2.75 bits per heavy atom. The van der Waals surface area contributed by atoms with Crippen molar-refractivity contribution in [3.8, 4) is 0 Å². The number of anilines is 1. The van der Waals surface area contributed by atoms with E-state index in [0.29, 0.717) is 5.13 Å². The zero-order valence-electron chi connectivity index (χ0n) is 7.31. The number of carbonyl (C=O) groups is 1. The number of hydrogen-bond acceptors (Lipinski definition) is 4. The first-order valence-electron chi connectivity index (χ1n) is 3.66. The molecule has 1 aromatic heterocycles. The van der Waals surface area contributed by atoms with E-state index in [-0.39, 0.29) is 11.8 Å². The van der Waals surface area contributed by atoms with Crippen molar-refractivity contribution in [3.63, 3.8) is 0 Å². The van der Waals surface area contributed by atoms with Crippen molar-refractivity contribution in [3.05, 3.63) is 5.51 Å². The molecule has 0 radical (unpaired) electrons. The van der Waals surface area contributed by atoms with Gasteiger partial charge in [0.25, 0.3) is 0 Å². The lowest BCUT2D eigenvalue weighted by Gasteiger charge is -2.14. The molecule has 0 unspecified atom stereocenters. The molecule has 4 nitrogen and oxygen atoms in total. The van der Waals surface area contributed by atoms with Crippen LogP contribution in [0.3, 0.4) is 0 Å². The van der Waals surface area contributed by atoms with E-state index >= 15 is 0 Å². The maximum atomic E-state index is 11.4. The fourth-order valence-electron chi connectivity index (χ4n) is 0.795. The molecule has 1 aromatic rings. The molecule has 0 atom stereocenters. The minimum Gasteiger partial charge on any atom is -0.290 e. The minimum atomic E-state index is -0.00102. The van der Waals surface area contributed by atoms with Crippen molar-refractivity contribution in [2.24, 2.45) is 5.92 Å². The van der Waals surface area contributed by atoms with Gasteiger partial charge in [-0.2, -0.15) is 0 Å². The number of rotatable bonds is 2. The molecule has 12 heavy (non-hydrogen) atoms. The lowest BCUT2D eigenvalue weighted by Crippen LogP contribution is -2.30. The van der Waals surface area contributed by atoms with Gasteiger partial charge >= 0.3 is 0 Å². The summed E-state index contributed by atoms with van der Waals surface area (Å²) in [6, 6.07) is 0. The summed E-state index contributed by atoms with van der Waals surface area (Å²) >= 11 is 1.36. The van der Waals surface area contributed by atoms with Gasteiger partial charge in [0.2, 0.25) is 11.0 Å². The van der Waals surface area contributed by atoms with Crippen LogP contribution in [0.25, 0.3) is 0 Å². The molecule has 1 rings (SSSR count). The van der Waals surface area contributed by atoms with Crippen LogP contribution in [0.4, 0.5) is 5.13 Å². The second kappa shape index (κ2) is 3.62. The Morgan fingerprint density at radius 2 is 2.33 bits per heavy atom. The summed E-state index contributed by atoms with van der Waals surface area (Å²) in [6.07, 6.45) is 0. The predicted molar refractivity (Wildman–Crippen MR) is 48.2 cm³/mol. The van der Waals surface area contributed by atoms with Gasteiger partial charge < -0.3 is 0 Å². The van der Waals surface area contributed by atoms with E-state index in [1.807, 2.05) is 13.8 Å². The SMILES string of the molecule is CC(C)C(=O)N(C)c1nncs1. The smallest absolute Gasteiger partial charge is 0.231 e. The fraction of sp³-hybridized carbons (Fsp3) is 0.571. The van der Waals surface area contributed by atoms with Crippen LogP contribution in [-0.2, 0) is 4.79 Å². The molecule has 0 aromatic carbocycles. The Hall–Kier alpha value is -0.970. The highest BCUT2D eigenvalue weighted by atomic mass is 32.1. The summed E-state index contributed by atoms with van der Waals surface area (Å²) < 4.78 is 0. The molecular formula is C7H11N3OS. The van der Waals surface area contributed by atoms with E-state index in [1.165, 1.54) is 16.2 Å². The zero-order chi connectivity index (χ0) is 9.14. The molecule has 0 N–H and O–H groups in total. The van der Waals surface area contributed by atoms with Crippen molar-refractivity contribution in [1.29, 1.82) is 0 Å². The topological polar surface area (TPSA) is 46.1 Å². The monoisotopic (exact) mass is 185 g/mol. The van der Waals surface area contributed by atoms with E-state index in [4.69, 9.17) is 0 Å². The van der Waals surface area contributed by atoms with Crippen molar-refractivity contribution in [2.45, 2.75) is 13.8 Å². The summed E-state index contributed by atoms with van der Waals surface area (Å²) in [5.41, 5.74) is 1.61. The number of hydrogen-bond donors (Lipinski definition) is 0. The summed E-state index contributed by atoms with van der Waals surface area (Å²) in [7, 11) is 1.71. The second-order valence-electron chi connectivity index (χ2n) is 2.77. The second-order valence-corrected chi connectivity index (χ2v) is 3.58. The van der Waals surface area contributed by atoms with Crippen LogP contribution < -0.4 is 4.90 Å². The van der Waals surface area contributed by atoms with Crippen molar-refractivity contribution < 1.29 is 4.79 Å². The van der Waals surface area contributed by atoms with Gasteiger partial charge in [0.15, 0.2) is 0 Å². The Bertz CT molecular complexity index is 258. The standard InChI is InChI=1S/C7H11N3OS/c1-5(2)6(11)10(3)7-9-8-4-12-7/h4-5H,1-3H3. The third-order valence-electron chi connectivity index (χ3n) is 1.46. The first-order valence-corrected chi connectivity index (χ1v) is 4.54. The molecule has 0 saturated carbocycles. The number of carbonyl (C=O) groups excluding carboxylic acids is 1. The third kappa shape index (κ3) is 1.79. The van der Waals surface area contributed by atoms with E-state index in [9.17, 15) is 4.79 Å². The van der Waals surface area contributed by atoms with Crippen molar-refractivity contribution in [2.75, 3.05) is 11.9 Å². The van der Waals surface area contributed by atoms with Crippen LogP contribution in [0.15, 0.2) is 5.51 Å².